The quantitative estimate of drug-likeness (QED) is 0.866. The normalized spacial score (nSPS) is 10.8. The van der Waals surface area contributed by atoms with Gasteiger partial charge in [-0.25, -0.2) is 4.68 Å². The lowest BCUT2D eigenvalue weighted by atomic mass is 10.3. The van der Waals surface area contributed by atoms with E-state index in [4.69, 9.17) is 28.9 Å². The first-order valence-corrected chi connectivity index (χ1v) is 5.68. The zero-order valence-corrected chi connectivity index (χ0v) is 10.9. The first-order valence-electron chi connectivity index (χ1n) is 4.93. The third-order valence-electron chi connectivity index (χ3n) is 2.75. The minimum Gasteiger partial charge on any atom is -0.393 e. The summed E-state index contributed by atoms with van der Waals surface area (Å²) in [5.74, 6) is 0. The highest BCUT2D eigenvalue weighted by atomic mass is 35.5. The Morgan fingerprint density at radius 3 is 2.35 bits per heavy atom. The number of rotatable bonds is 1. The summed E-state index contributed by atoms with van der Waals surface area (Å²) in [7, 11) is 1.76. The summed E-state index contributed by atoms with van der Waals surface area (Å²) < 4.78 is 3.13. The van der Waals surface area contributed by atoms with Gasteiger partial charge in [0.1, 0.15) is 5.69 Å². The molecule has 1 aromatic heterocycles. The van der Waals surface area contributed by atoms with Gasteiger partial charge in [0.15, 0.2) is 0 Å². The Bertz CT molecular complexity index is 643. The Hall–Kier alpha value is -1.39. The van der Waals surface area contributed by atoms with Crippen LogP contribution in [0.25, 0.3) is 5.69 Å². The van der Waals surface area contributed by atoms with Crippen LogP contribution < -0.4 is 11.3 Å². The zero-order valence-electron chi connectivity index (χ0n) is 9.37. The van der Waals surface area contributed by atoms with Gasteiger partial charge >= 0.3 is 0 Å². The molecule has 0 aliphatic carbocycles. The van der Waals surface area contributed by atoms with E-state index in [0.717, 1.165) is 0 Å². The van der Waals surface area contributed by atoms with E-state index in [1.165, 1.54) is 4.68 Å². The first kappa shape index (κ1) is 12.1. The van der Waals surface area contributed by atoms with E-state index in [0.29, 0.717) is 21.4 Å². The fraction of sp³-hybridized carbons (Fsp3) is 0.182. The molecule has 0 saturated heterocycles. The average Bonchev–Trinajstić information content (AvgIpc) is 2.48. The summed E-state index contributed by atoms with van der Waals surface area (Å²) >= 11 is 11.8. The van der Waals surface area contributed by atoms with Crippen LogP contribution in [-0.2, 0) is 7.05 Å². The van der Waals surface area contributed by atoms with Gasteiger partial charge in [-0.2, -0.15) is 0 Å². The van der Waals surface area contributed by atoms with Gasteiger partial charge < -0.3 is 5.73 Å². The molecule has 6 heteroatoms. The molecule has 0 unspecified atom stereocenters. The van der Waals surface area contributed by atoms with Crippen LogP contribution in [0.3, 0.4) is 0 Å². The fourth-order valence-corrected chi connectivity index (χ4v) is 1.93. The van der Waals surface area contributed by atoms with Crippen LogP contribution in [0.15, 0.2) is 23.0 Å². The van der Waals surface area contributed by atoms with E-state index < -0.39 is 0 Å². The molecule has 0 bridgehead atoms. The molecule has 2 N–H and O–H groups in total. The van der Waals surface area contributed by atoms with Gasteiger partial charge in [0.25, 0.3) is 5.56 Å². The van der Waals surface area contributed by atoms with Crippen LogP contribution in [0.2, 0.25) is 10.0 Å². The van der Waals surface area contributed by atoms with Crippen LogP contribution in [0.1, 0.15) is 5.69 Å². The molecule has 90 valence electrons. The Morgan fingerprint density at radius 1 is 1.24 bits per heavy atom. The standard InChI is InChI=1S/C11H11Cl2N3O/c1-6-10(14)11(17)16(15(6)2)7-3-4-8(12)9(13)5-7/h3-5H,14H2,1-2H3. The van der Waals surface area contributed by atoms with Gasteiger partial charge in [0.05, 0.1) is 21.4 Å². The molecular weight excluding hydrogens is 261 g/mol. The van der Waals surface area contributed by atoms with Crippen molar-refractivity contribution in [1.29, 1.82) is 0 Å². The highest BCUT2D eigenvalue weighted by Gasteiger charge is 2.13. The molecular formula is C11H11Cl2N3O. The first-order chi connectivity index (χ1) is 7.93. The molecule has 1 aromatic carbocycles. The largest absolute Gasteiger partial charge is 0.393 e. The topological polar surface area (TPSA) is 53.0 Å². The molecule has 0 fully saturated rings. The second kappa shape index (κ2) is 4.13. The number of nitrogens with zero attached hydrogens (tertiary/aromatic N) is 2. The number of benzene rings is 1. The zero-order chi connectivity index (χ0) is 12.7. The molecule has 1 heterocycles. The molecule has 17 heavy (non-hydrogen) atoms. The number of aromatic nitrogens is 2. The Balaban J connectivity index is 2.73. The number of hydrogen-bond acceptors (Lipinski definition) is 2. The van der Waals surface area contributed by atoms with Gasteiger partial charge in [-0.3, -0.25) is 9.48 Å². The van der Waals surface area contributed by atoms with Gasteiger partial charge in [-0.05, 0) is 25.1 Å². The third-order valence-corrected chi connectivity index (χ3v) is 3.48. The summed E-state index contributed by atoms with van der Waals surface area (Å²) in [6.07, 6.45) is 0. The molecule has 4 nitrogen and oxygen atoms in total. The van der Waals surface area contributed by atoms with Crippen LogP contribution in [0, 0.1) is 6.92 Å². The van der Waals surface area contributed by atoms with Crippen LogP contribution in [0.5, 0.6) is 0 Å². The molecule has 0 aliphatic heterocycles. The molecule has 0 radical (unpaired) electrons. The molecule has 0 aliphatic rings. The van der Waals surface area contributed by atoms with Crippen molar-refractivity contribution in [3.63, 3.8) is 0 Å². The predicted octanol–water partition coefficient (Wildman–Crippen LogP) is 2.37. The fourth-order valence-electron chi connectivity index (χ4n) is 1.64. The summed E-state index contributed by atoms with van der Waals surface area (Å²) in [6, 6.07) is 4.99. The van der Waals surface area contributed by atoms with E-state index in [-0.39, 0.29) is 11.2 Å². The van der Waals surface area contributed by atoms with Gasteiger partial charge in [0, 0.05) is 7.05 Å². The second-order valence-electron chi connectivity index (χ2n) is 3.74. The number of halogens is 2. The van der Waals surface area contributed by atoms with Crippen molar-refractivity contribution in [3.05, 3.63) is 44.3 Å². The van der Waals surface area contributed by atoms with Crippen molar-refractivity contribution in [2.75, 3.05) is 5.73 Å². The van der Waals surface area contributed by atoms with Gasteiger partial charge in [0.2, 0.25) is 0 Å². The molecule has 0 amide bonds. The summed E-state index contributed by atoms with van der Waals surface area (Å²) in [5, 5.41) is 0.843. The number of nitrogen functional groups attached to an aromatic ring is 1. The van der Waals surface area contributed by atoms with E-state index in [1.807, 2.05) is 0 Å². The maximum atomic E-state index is 11.9. The summed E-state index contributed by atoms with van der Waals surface area (Å²) in [6.45, 7) is 1.78. The van der Waals surface area contributed by atoms with Crippen molar-refractivity contribution < 1.29 is 0 Å². The molecule has 2 rings (SSSR count). The molecule has 2 aromatic rings. The highest BCUT2D eigenvalue weighted by molar-refractivity contribution is 6.42. The lowest BCUT2D eigenvalue weighted by Crippen LogP contribution is -2.20. The Kier molecular flexibility index (Phi) is 2.93. The monoisotopic (exact) mass is 271 g/mol. The second-order valence-corrected chi connectivity index (χ2v) is 4.55. The van der Waals surface area contributed by atoms with E-state index in [1.54, 1.807) is 36.9 Å². The molecule has 0 atom stereocenters. The van der Waals surface area contributed by atoms with Crippen molar-refractivity contribution in [2.24, 2.45) is 7.05 Å². The van der Waals surface area contributed by atoms with E-state index in [9.17, 15) is 4.79 Å². The third kappa shape index (κ3) is 1.83. The van der Waals surface area contributed by atoms with Crippen molar-refractivity contribution in [3.8, 4) is 5.69 Å². The van der Waals surface area contributed by atoms with Gasteiger partial charge in [-0.1, -0.05) is 23.2 Å². The molecule has 0 spiro atoms. The van der Waals surface area contributed by atoms with Gasteiger partial charge in [-0.15, -0.1) is 0 Å². The summed E-state index contributed by atoms with van der Waals surface area (Å²) in [4.78, 5) is 11.9. The smallest absolute Gasteiger partial charge is 0.294 e. The maximum Gasteiger partial charge on any atom is 0.294 e. The maximum absolute atomic E-state index is 11.9. The number of nitrogens with two attached hydrogens (primary N) is 1. The SMILES string of the molecule is Cc1c(N)c(=O)n(-c2ccc(Cl)c(Cl)c2)n1C. The number of anilines is 1. The predicted molar refractivity (Wildman–Crippen MR) is 70.2 cm³/mol. The Labute approximate surface area is 108 Å². The average molecular weight is 272 g/mol. The lowest BCUT2D eigenvalue weighted by molar-refractivity contribution is 0.630. The van der Waals surface area contributed by atoms with Crippen LogP contribution in [-0.4, -0.2) is 9.36 Å². The van der Waals surface area contributed by atoms with Crippen LogP contribution in [0.4, 0.5) is 5.69 Å². The van der Waals surface area contributed by atoms with Crippen molar-refractivity contribution in [2.45, 2.75) is 6.92 Å². The minimum absolute atomic E-state index is 0.235. The van der Waals surface area contributed by atoms with Crippen molar-refractivity contribution in [1.82, 2.24) is 9.36 Å². The van der Waals surface area contributed by atoms with E-state index in [2.05, 4.69) is 0 Å². The summed E-state index contributed by atoms with van der Waals surface area (Å²) in [5.41, 5.74) is 7.01. The van der Waals surface area contributed by atoms with Crippen molar-refractivity contribution >= 4 is 28.9 Å². The minimum atomic E-state index is -0.261. The van der Waals surface area contributed by atoms with Crippen LogP contribution >= 0.6 is 23.2 Å². The number of hydrogen-bond donors (Lipinski definition) is 1. The lowest BCUT2D eigenvalue weighted by Gasteiger charge is -2.08. The van der Waals surface area contributed by atoms with E-state index >= 15 is 0 Å². The molecule has 0 saturated carbocycles. The Morgan fingerprint density at radius 2 is 1.88 bits per heavy atom. The highest BCUT2D eigenvalue weighted by Crippen LogP contribution is 2.24.